The highest BCUT2D eigenvalue weighted by Crippen LogP contribution is 2.23. The molecule has 0 atom stereocenters. The molecule has 0 aliphatic rings. The van der Waals surface area contributed by atoms with Gasteiger partial charge in [-0.15, -0.1) is 0 Å². The maximum Gasteiger partial charge on any atom is 0.226 e. The Balaban J connectivity index is 2.06. The van der Waals surface area contributed by atoms with E-state index in [0.717, 1.165) is 30.0 Å². The maximum absolute atomic E-state index is 5.63. The Morgan fingerprint density at radius 1 is 1.29 bits per heavy atom. The third-order valence-electron chi connectivity index (χ3n) is 2.91. The van der Waals surface area contributed by atoms with Crippen LogP contribution in [0.15, 0.2) is 34.9 Å². The van der Waals surface area contributed by atoms with E-state index in [0.29, 0.717) is 12.4 Å². The van der Waals surface area contributed by atoms with Gasteiger partial charge in [-0.05, 0) is 45.4 Å². The number of benzene rings is 1. The first-order valence-electron chi connectivity index (χ1n) is 7.40. The summed E-state index contributed by atoms with van der Waals surface area (Å²) in [6, 6.07) is 7.84. The van der Waals surface area contributed by atoms with Gasteiger partial charge in [0.25, 0.3) is 0 Å². The Kier molecular flexibility index (Phi) is 5.02. The van der Waals surface area contributed by atoms with Crippen molar-refractivity contribution in [1.29, 1.82) is 0 Å². The lowest BCUT2D eigenvalue weighted by atomic mass is 10.1. The van der Waals surface area contributed by atoms with Crippen molar-refractivity contribution < 1.29 is 9.15 Å². The molecule has 0 unspecified atom stereocenters. The van der Waals surface area contributed by atoms with Gasteiger partial charge in [0.15, 0.2) is 0 Å². The predicted molar refractivity (Wildman–Crippen MR) is 84.3 cm³/mol. The Morgan fingerprint density at radius 2 is 2.10 bits per heavy atom. The lowest BCUT2D eigenvalue weighted by Crippen LogP contribution is -2.35. The van der Waals surface area contributed by atoms with Gasteiger partial charge < -0.3 is 14.5 Å². The molecule has 2 aromatic rings. The molecule has 4 nitrogen and oxygen atoms in total. The van der Waals surface area contributed by atoms with Gasteiger partial charge in [0, 0.05) is 17.6 Å². The van der Waals surface area contributed by atoms with Crippen molar-refractivity contribution in [1.82, 2.24) is 10.3 Å². The first kappa shape index (κ1) is 15.6. The molecule has 0 spiro atoms. The number of hydrogen-bond donors (Lipinski definition) is 1. The minimum atomic E-state index is 0.0625. The average molecular weight is 288 g/mol. The van der Waals surface area contributed by atoms with E-state index in [1.165, 1.54) is 0 Å². The van der Waals surface area contributed by atoms with Gasteiger partial charge in [-0.1, -0.05) is 13.0 Å². The van der Waals surface area contributed by atoms with Gasteiger partial charge in [0.2, 0.25) is 5.89 Å². The summed E-state index contributed by atoms with van der Waals surface area (Å²) in [5.74, 6) is 1.48. The van der Waals surface area contributed by atoms with E-state index in [1.807, 2.05) is 24.3 Å². The van der Waals surface area contributed by atoms with Crippen LogP contribution in [0.3, 0.4) is 0 Å². The summed E-state index contributed by atoms with van der Waals surface area (Å²) in [4.78, 5) is 4.52. The smallest absolute Gasteiger partial charge is 0.226 e. The van der Waals surface area contributed by atoms with Gasteiger partial charge in [0.05, 0.1) is 12.3 Å². The van der Waals surface area contributed by atoms with Crippen LogP contribution in [0.25, 0.3) is 11.5 Å². The minimum absolute atomic E-state index is 0.0625. The van der Waals surface area contributed by atoms with E-state index in [9.17, 15) is 0 Å². The molecule has 1 N–H and O–H groups in total. The van der Waals surface area contributed by atoms with Gasteiger partial charge in [0.1, 0.15) is 12.0 Å². The van der Waals surface area contributed by atoms with Crippen molar-refractivity contribution in [2.45, 2.75) is 46.2 Å². The number of ether oxygens (including phenoxy) is 1. The van der Waals surface area contributed by atoms with Gasteiger partial charge in [-0.3, -0.25) is 0 Å². The zero-order valence-corrected chi connectivity index (χ0v) is 13.3. The van der Waals surface area contributed by atoms with E-state index in [4.69, 9.17) is 9.15 Å². The fourth-order valence-electron chi connectivity index (χ4n) is 1.82. The van der Waals surface area contributed by atoms with E-state index < -0.39 is 0 Å². The largest absolute Gasteiger partial charge is 0.494 e. The van der Waals surface area contributed by atoms with Crippen LogP contribution in [-0.4, -0.2) is 17.1 Å². The second kappa shape index (κ2) is 6.76. The van der Waals surface area contributed by atoms with Crippen molar-refractivity contribution >= 4 is 0 Å². The Hall–Kier alpha value is -1.81. The van der Waals surface area contributed by atoms with Crippen LogP contribution in [-0.2, 0) is 6.54 Å². The van der Waals surface area contributed by atoms with Crippen LogP contribution in [0.4, 0.5) is 0 Å². The van der Waals surface area contributed by atoms with Gasteiger partial charge in [-0.2, -0.15) is 0 Å². The molecule has 0 aliphatic heterocycles. The lowest BCUT2D eigenvalue weighted by Gasteiger charge is -2.19. The van der Waals surface area contributed by atoms with E-state index in [1.54, 1.807) is 6.26 Å². The topological polar surface area (TPSA) is 47.3 Å². The van der Waals surface area contributed by atoms with E-state index >= 15 is 0 Å². The van der Waals surface area contributed by atoms with Crippen molar-refractivity contribution in [3.05, 3.63) is 36.2 Å². The summed E-state index contributed by atoms with van der Waals surface area (Å²) in [7, 11) is 0. The molecule has 1 heterocycles. The first-order chi connectivity index (χ1) is 9.98. The van der Waals surface area contributed by atoms with Gasteiger partial charge in [-0.25, -0.2) is 4.98 Å². The molecule has 1 aromatic heterocycles. The molecule has 0 bridgehead atoms. The van der Waals surface area contributed by atoms with Crippen molar-refractivity contribution in [3.63, 3.8) is 0 Å². The Morgan fingerprint density at radius 3 is 2.81 bits per heavy atom. The molecular weight excluding hydrogens is 264 g/mol. The number of nitrogens with one attached hydrogen (secondary N) is 1. The molecule has 4 heteroatoms. The highest BCUT2D eigenvalue weighted by molar-refractivity contribution is 5.56. The quantitative estimate of drug-likeness (QED) is 0.872. The molecule has 0 aliphatic carbocycles. The molecule has 0 fully saturated rings. The van der Waals surface area contributed by atoms with Crippen molar-refractivity contribution in [3.8, 4) is 17.2 Å². The van der Waals surface area contributed by atoms with Crippen LogP contribution in [0.2, 0.25) is 0 Å². The molecule has 1 aromatic carbocycles. The average Bonchev–Trinajstić information content (AvgIpc) is 2.91. The van der Waals surface area contributed by atoms with E-state index in [2.05, 4.69) is 38.0 Å². The number of rotatable bonds is 6. The molecule has 0 saturated carbocycles. The fraction of sp³-hybridized carbons (Fsp3) is 0.471. The first-order valence-corrected chi connectivity index (χ1v) is 7.40. The summed E-state index contributed by atoms with van der Waals surface area (Å²) in [5.41, 5.74) is 1.90. The normalized spacial score (nSPS) is 11.6. The Labute approximate surface area is 126 Å². The van der Waals surface area contributed by atoms with Crippen LogP contribution < -0.4 is 10.1 Å². The highest BCUT2D eigenvalue weighted by Gasteiger charge is 2.12. The predicted octanol–water partition coefficient (Wildman–Crippen LogP) is 4.02. The minimum Gasteiger partial charge on any atom is -0.494 e. The summed E-state index contributed by atoms with van der Waals surface area (Å²) >= 11 is 0. The van der Waals surface area contributed by atoms with E-state index in [-0.39, 0.29) is 5.54 Å². The third kappa shape index (κ3) is 4.90. The molecular formula is C17H24N2O2. The maximum atomic E-state index is 5.63. The number of hydrogen-bond acceptors (Lipinski definition) is 4. The molecule has 0 amide bonds. The Bertz CT molecular complexity index is 570. The summed E-state index contributed by atoms with van der Waals surface area (Å²) < 4.78 is 11.2. The number of nitrogens with zero attached hydrogens (tertiary/aromatic N) is 1. The lowest BCUT2D eigenvalue weighted by molar-refractivity contribution is 0.317. The molecule has 0 radical (unpaired) electrons. The zero-order chi connectivity index (χ0) is 15.3. The third-order valence-corrected chi connectivity index (χ3v) is 2.91. The fourth-order valence-corrected chi connectivity index (χ4v) is 1.82. The summed E-state index contributed by atoms with van der Waals surface area (Å²) in [6.45, 7) is 9.88. The van der Waals surface area contributed by atoms with Crippen LogP contribution in [0, 0.1) is 0 Å². The SMILES string of the molecule is CCCOc1cccc(-c2nc(CNC(C)(C)C)co2)c1. The van der Waals surface area contributed by atoms with Crippen LogP contribution >= 0.6 is 0 Å². The number of aromatic nitrogens is 1. The summed E-state index contributed by atoms with van der Waals surface area (Å²) in [6.07, 6.45) is 2.69. The second-order valence-corrected chi connectivity index (χ2v) is 6.12. The second-order valence-electron chi connectivity index (χ2n) is 6.12. The zero-order valence-electron chi connectivity index (χ0n) is 13.3. The number of oxazole rings is 1. The van der Waals surface area contributed by atoms with Crippen LogP contribution in [0.1, 0.15) is 39.8 Å². The highest BCUT2D eigenvalue weighted by atomic mass is 16.5. The molecule has 2 rings (SSSR count). The summed E-state index contributed by atoms with van der Waals surface area (Å²) in [5, 5.41) is 3.40. The molecule has 21 heavy (non-hydrogen) atoms. The standard InChI is InChI=1S/C17H24N2O2/c1-5-9-20-15-8-6-7-13(10-15)16-19-14(12-21-16)11-18-17(2,3)4/h6-8,10,12,18H,5,9,11H2,1-4H3. The van der Waals surface area contributed by atoms with Crippen LogP contribution in [0.5, 0.6) is 5.75 Å². The van der Waals surface area contributed by atoms with Crippen molar-refractivity contribution in [2.75, 3.05) is 6.61 Å². The van der Waals surface area contributed by atoms with Gasteiger partial charge >= 0.3 is 0 Å². The van der Waals surface area contributed by atoms with Crippen molar-refractivity contribution in [2.24, 2.45) is 0 Å². The monoisotopic (exact) mass is 288 g/mol. The molecule has 0 saturated heterocycles. The molecule has 114 valence electrons.